The van der Waals surface area contributed by atoms with Crippen LogP contribution in [0.4, 0.5) is 10.5 Å². The molecule has 0 radical (unpaired) electrons. The zero-order chi connectivity index (χ0) is 23.1. The number of thiophene rings is 1. The molecule has 1 unspecified atom stereocenters. The number of amidine groups is 1. The van der Waals surface area contributed by atoms with Crippen molar-refractivity contribution in [1.29, 1.82) is 0 Å². The summed E-state index contributed by atoms with van der Waals surface area (Å²) in [5, 5.41) is 4.16. The maximum atomic E-state index is 13.2. The lowest BCUT2D eigenvalue weighted by atomic mass is 10.1. The number of hydrogen-bond donors (Lipinski definition) is 2. The van der Waals surface area contributed by atoms with Gasteiger partial charge in [-0.05, 0) is 48.6 Å². The van der Waals surface area contributed by atoms with E-state index in [1.54, 1.807) is 22.6 Å². The number of hydrogen-bond acceptors (Lipinski definition) is 5. The van der Waals surface area contributed by atoms with E-state index < -0.39 is 0 Å². The minimum atomic E-state index is -0.338. The quantitative estimate of drug-likeness (QED) is 0.406. The number of aliphatic imine (C=N–C) groups is 1. The average Bonchev–Trinajstić information content (AvgIpc) is 3.62. The number of imidazole rings is 1. The molecule has 2 aliphatic rings. The molecule has 4 aromatic rings. The first-order chi connectivity index (χ1) is 16.7. The summed E-state index contributed by atoms with van der Waals surface area (Å²) in [5.41, 5.74) is 2.50. The fourth-order valence-corrected chi connectivity index (χ4v) is 5.90. The van der Waals surface area contributed by atoms with Crippen molar-refractivity contribution in [2.45, 2.75) is 25.3 Å². The Morgan fingerprint density at radius 3 is 2.91 bits per heavy atom. The van der Waals surface area contributed by atoms with Gasteiger partial charge in [0.1, 0.15) is 11.9 Å². The fraction of sp³-hybridized carbons (Fsp3) is 0.280. The van der Waals surface area contributed by atoms with Crippen LogP contribution in [-0.4, -0.2) is 52.3 Å². The first-order valence-electron chi connectivity index (χ1n) is 11.5. The molecule has 2 aromatic heterocycles. The van der Waals surface area contributed by atoms with E-state index in [-0.39, 0.29) is 18.0 Å². The van der Waals surface area contributed by atoms with Gasteiger partial charge in [-0.1, -0.05) is 18.2 Å². The van der Waals surface area contributed by atoms with Crippen molar-refractivity contribution >= 4 is 55.9 Å². The van der Waals surface area contributed by atoms with Crippen LogP contribution >= 0.6 is 11.3 Å². The molecular weight excluding hydrogens is 448 g/mol. The molecule has 0 bridgehead atoms. The van der Waals surface area contributed by atoms with Gasteiger partial charge in [-0.2, -0.15) is 0 Å². The summed E-state index contributed by atoms with van der Waals surface area (Å²) in [6.45, 7) is 2.09. The highest BCUT2D eigenvalue weighted by Gasteiger charge is 2.40. The van der Waals surface area contributed by atoms with Crippen LogP contribution in [-0.2, 0) is 4.79 Å². The van der Waals surface area contributed by atoms with Gasteiger partial charge in [-0.3, -0.25) is 20.0 Å². The molecule has 4 heterocycles. The monoisotopic (exact) mass is 472 g/mol. The minimum absolute atomic E-state index is 0.203. The molecule has 172 valence electrons. The molecule has 8 nitrogen and oxygen atoms in total. The van der Waals surface area contributed by atoms with E-state index in [1.807, 2.05) is 35.2 Å². The second kappa shape index (κ2) is 8.57. The third-order valence-electron chi connectivity index (χ3n) is 6.41. The number of urea groups is 1. The summed E-state index contributed by atoms with van der Waals surface area (Å²) in [5.74, 6) is 0.872. The van der Waals surface area contributed by atoms with Crippen molar-refractivity contribution in [3.05, 3.63) is 59.7 Å². The number of likely N-dealkylation sites (tertiary alicyclic amines) is 1. The first kappa shape index (κ1) is 20.9. The van der Waals surface area contributed by atoms with Gasteiger partial charge in [0, 0.05) is 41.3 Å². The number of rotatable bonds is 6. The van der Waals surface area contributed by atoms with Crippen molar-refractivity contribution in [2.24, 2.45) is 4.99 Å². The normalized spacial score (nSPS) is 19.8. The molecule has 34 heavy (non-hydrogen) atoms. The number of amides is 3. The highest BCUT2D eigenvalue weighted by Crippen LogP contribution is 2.38. The number of H-pyrrole nitrogens is 1. The van der Waals surface area contributed by atoms with Crippen LogP contribution in [0.1, 0.15) is 30.2 Å². The zero-order valence-corrected chi connectivity index (χ0v) is 19.3. The van der Waals surface area contributed by atoms with E-state index in [4.69, 9.17) is 4.99 Å². The van der Waals surface area contributed by atoms with E-state index in [2.05, 4.69) is 33.5 Å². The van der Waals surface area contributed by atoms with Crippen LogP contribution in [0.2, 0.25) is 0 Å². The Morgan fingerprint density at radius 1 is 1.15 bits per heavy atom. The first-order valence-corrected chi connectivity index (χ1v) is 12.3. The van der Waals surface area contributed by atoms with Crippen LogP contribution in [0, 0.1) is 0 Å². The standard InChI is InChI=1S/C25H24N6O2S/c32-22-7-3-11-30(22)12-4-10-26-24-23(21-13-16-5-1-2-6-20(16)34-21)31(25(33)29-24)17-8-9-18-19(14-17)28-15-27-18/h1-2,5-6,8-9,13-15,23H,3-4,7,10-12H2,(H,27,28)(H,26,29,33). The molecule has 0 aliphatic carbocycles. The number of nitrogens with zero attached hydrogens (tertiary/aromatic N) is 4. The van der Waals surface area contributed by atoms with Crippen molar-refractivity contribution in [3.63, 3.8) is 0 Å². The number of carbonyl (C=O) groups is 2. The summed E-state index contributed by atoms with van der Waals surface area (Å²) in [6, 6.07) is 15.6. The van der Waals surface area contributed by atoms with Gasteiger partial charge in [0.05, 0.1) is 17.4 Å². The Hall–Kier alpha value is -3.72. The fourth-order valence-electron chi connectivity index (χ4n) is 4.74. The van der Waals surface area contributed by atoms with Gasteiger partial charge < -0.3 is 9.88 Å². The smallest absolute Gasteiger partial charge is 0.328 e. The molecule has 2 fully saturated rings. The molecule has 2 aromatic carbocycles. The maximum absolute atomic E-state index is 13.2. The minimum Gasteiger partial charge on any atom is -0.345 e. The van der Waals surface area contributed by atoms with Gasteiger partial charge in [0.15, 0.2) is 0 Å². The lowest BCUT2D eigenvalue weighted by molar-refractivity contribution is -0.127. The molecule has 9 heteroatoms. The third kappa shape index (κ3) is 3.71. The van der Waals surface area contributed by atoms with Crippen LogP contribution in [0.3, 0.4) is 0 Å². The Balaban J connectivity index is 1.33. The second-order valence-electron chi connectivity index (χ2n) is 8.60. The lowest BCUT2D eigenvalue weighted by Gasteiger charge is -2.22. The second-order valence-corrected chi connectivity index (χ2v) is 9.71. The number of carbonyl (C=O) groups excluding carboxylic acids is 2. The van der Waals surface area contributed by atoms with Crippen LogP contribution in [0.5, 0.6) is 0 Å². The molecule has 6 rings (SSSR count). The van der Waals surface area contributed by atoms with Crippen LogP contribution in [0.25, 0.3) is 21.1 Å². The van der Waals surface area contributed by atoms with Gasteiger partial charge in [-0.15, -0.1) is 11.3 Å². The predicted molar refractivity (Wildman–Crippen MR) is 134 cm³/mol. The van der Waals surface area contributed by atoms with E-state index >= 15 is 0 Å². The maximum Gasteiger partial charge on any atom is 0.328 e. The molecule has 2 aliphatic heterocycles. The van der Waals surface area contributed by atoms with E-state index in [0.29, 0.717) is 25.3 Å². The summed E-state index contributed by atoms with van der Waals surface area (Å²) in [7, 11) is 0. The number of aromatic nitrogens is 2. The van der Waals surface area contributed by atoms with Gasteiger partial charge in [0.25, 0.3) is 0 Å². The predicted octanol–water partition coefficient (Wildman–Crippen LogP) is 4.46. The summed E-state index contributed by atoms with van der Waals surface area (Å²) in [6.07, 6.45) is 4.00. The summed E-state index contributed by atoms with van der Waals surface area (Å²) in [4.78, 5) is 42.1. The average molecular weight is 473 g/mol. The van der Waals surface area contributed by atoms with Gasteiger partial charge in [0.2, 0.25) is 5.91 Å². The largest absolute Gasteiger partial charge is 0.345 e. The van der Waals surface area contributed by atoms with E-state index in [1.165, 1.54) is 4.70 Å². The highest BCUT2D eigenvalue weighted by molar-refractivity contribution is 7.19. The molecular formula is C25H24N6O2S. The summed E-state index contributed by atoms with van der Waals surface area (Å²) >= 11 is 1.67. The van der Waals surface area contributed by atoms with Crippen molar-refractivity contribution < 1.29 is 9.59 Å². The van der Waals surface area contributed by atoms with E-state index in [0.717, 1.165) is 46.4 Å². The number of nitrogens with one attached hydrogen (secondary N) is 2. The highest BCUT2D eigenvalue weighted by atomic mass is 32.1. The Labute approximate surface area is 200 Å². The Bertz CT molecular complexity index is 1390. The van der Waals surface area contributed by atoms with Crippen molar-refractivity contribution in [2.75, 3.05) is 24.5 Å². The van der Waals surface area contributed by atoms with Gasteiger partial charge >= 0.3 is 6.03 Å². The molecule has 0 saturated carbocycles. The van der Waals surface area contributed by atoms with E-state index in [9.17, 15) is 9.59 Å². The number of anilines is 1. The molecule has 3 amide bonds. The zero-order valence-electron chi connectivity index (χ0n) is 18.5. The van der Waals surface area contributed by atoms with Gasteiger partial charge in [-0.25, -0.2) is 9.78 Å². The molecule has 1 atom stereocenters. The Morgan fingerprint density at radius 2 is 2.06 bits per heavy atom. The van der Waals surface area contributed by atoms with Crippen LogP contribution < -0.4 is 10.2 Å². The van der Waals surface area contributed by atoms with Crippen molar-refractivity contribution in [3.8, 4) is 0 Å². The van der Waals surface area contributed by atoms with Crippen LogP contribution in [0.15, 0.2) is 59.9 Å². The number of fused-ring (bicyclic) bond motifs is 2. The number of aromatic amines is 1. The summed E-state index contributed by atoms with van der Waals surface area (Å²) < 4.78 is 1.17. The molecule has 2 N–H and O–H groups in total. The third-order valence-corrected chi connectivity index (χ3v) is 7.58. The molecule has 0 spiro atoms. The Kier molecular flexibility index (Phi) is 5.26. The topological polar surface area (TPSA) is 93.7 Å². The lowest BCUT2D eigenvalue weighted by Crippen LogP contribution is -2.29. The SMILES string of the molecule is O=C1CCCN1CCCN=C1NC(=O)N(c2ccc3[nH]cnc3c2)C1c1cc2ccccc2s1. The number of benzene rings is 2. The van der Waals surface area contributed by atoms with Crippen molar-refractivity contribution in [1.82, 2.24) is 20.2 Å². The molecule has 2 saturated heterocycles.